The van der Waals surface area contributed by atoms with Gasteiger partial charge in [0.15, 0.2) is 0 Å². The maximum absolute atomic E-state index is 12.8. The van der Waals surface area contributed by atoms with Crippen LogP contribution in [-0.4, -0.2) is 44.1 Å². The van der Waals surface area contributed by atoms with Crippen molar-refractivity contribution >= 4 is 16.0 Å². The van der Waals surface area contributed by atoms with Crippen LogP contribution < -0.4 is 0 Å². The van der Waals surface area contributed by atoms with Crippen LogP contribution in [0.25, 0.3) is 0 Å². The minimum atomic E-state index is -3.35. The largest absolute Gasteiger partial charge is 0.469 e. The van der Waals surface area contributed by atoms with Crippen molar-refractivity contribution < 1.29 is 17.9 Å². The van der Waals surface area contributed by atoms with Gasteiger partial charge in [0, 0.05) is 13.1 Å². The van der Waals surface area contributed by atoms with E-state index in [0.29, 0.717) is 37.8 Å². The predicted octanol–water partition coefficient (Wildman–Crippen LogP) is 1.39. The minimum absolute atomic E-state index is 0.365. The van der Waals surface area contributed by atoms with Gasteiger partial charge in [0.1, 0.15) is 0 Å². The third kappa shape index (κ3) is 2.26. The fourth-order valence-corrected chi connectivity index (χ4v) is 6.60. The number of nitrogens with zero attached hydrogens (tertiary/aromatic N) is 1. The van der Waals surface area contributed by atoms with Crippen molar-refractivity contribution in [1.82, 2.24) is 4.31 Å². The molecule has 2 aliphatic carbocycles. The number of hydrogen-bond acceptors (Lipinski definition) is 4. The number of fused-ring (bicyclic) bond motifs is 1. The molecule has 0 aromatic rings. The Morgan fingerprint density at radius 3 is 2.25 bits per heavy atom. The fourth-order valence-electron chi connectivity index (χ4n) is 4.29. The van der Waals surface area contributed by atoms with Gasteiger partial charge in [0.25, 0.3) is 0 Å². The molecule has 0 aromatic heterocycles. The van der Waals surface area contributed by atoms with E-state index in [4.69, 9.17) is 4.74 Å². The van der Waals surface area contributed by atoms with Crippen LogP contribution in [0, 0.1) is 17.8 Å². The van der Waals surface area contributed by atoms with Gasteiger partial charge in [-0.05, 0) is 37.5 Å². The maximum Gasteiger partial charge on any atom is 0.310 e. The molecule has 4 atom stereocenters. The summed E-state index contributed by atoms with van der Waals surface area (Å²) in [4.78, 5) is 11.8. The summed E-state index contributed by atoms with van der Waals surface area (Å²) in [5.74, 6) is 0.256. The first-order valence-electron chi connectivity index (χ1n) is 7.61. The summed E-state index contributed by atoms with van der Waals surface area (Å²) in [6, 6.07) is 0. The van der Waals surface area contributed by atoms with Crippen molar-refractivity contribution in [2.75, 3.05) is 20.2 Å². The molecule has 2 saturated carbocycles. The smallest absolute Gasteiger partial charge is 0.310 e. The van der Waals surface area contributed by atoms with E-state index in [1.807, 2.05) is 0 Å². The number of esters is 1. The van der Waals surface area contributed by atoms with Crippen LogP contribution in [0.4, 0.5) is 0 Å². The summed E-state index contributed by atoms with van der Waals surface area (Å²) in [5.41, 5.74) is 0. The summed E-state index contributed by atoms with van der Waals surface area (Å²) >= 11 is 0. The Hall–Kier alpha value is -0.620. The molecule has 3 fully saturated rings. The quantitative estimate of drug-likeness (QED) is 0.739. The highest BCUT2D eigenvalue weighted by Crippen LogP contribution is 2.41. The first-order chi connectivity index (χ1) is 9.54. The molecule has 0 N–H and O–H groups in total. The molecule has 0 bridgehead atoms. The molecule has 1 aliphatic heterocycles. The maximum atomic E-state index is 12.8. The first-order valence-corrected chi connectivity index (χ1v) is 9.11. The Bertz CT molecular complexity index is 477. The van der Waals surface area contributed by atoms with E-state index in [9.17, 15) is 13.2 Å². The van der Waals surface area contributed by atoms with Crippen molar-refractivity contribution in [3.05, 3.63) is 0 Å². The number of sulfonamides is 1. The summed E-state index contributed by atoms with van der Waals surface area (Å²) in [7, 11) is -2.01. The van der Waals surface area contributed by atoms with Gasteiger partial charge in [0.05, 0.1) is 18.3 Å². The van der Waals surface area contributed by atoms with Crippen LogP contribution in [0.5, 0.6) is 0 Å². The second-order valence-corrected chi connectivity index (χ2v) is 8.56. The van der Waals surface area contributed by atoms with Crippen molar-refractivity contribution in [2.24, 2.45) is 17.8 Å². The average Bonchev–Trinajstić information content (AvgIpc) is 3.11. The SMILES string of the molecule is COC(=O)C1CCCC1S(=O)(=O)N1CC2CCCC2C1. The number of ether oxygens (including phenoxy) is 1. The van der Waals surface area contributed by atoms with E-state index in [1.54, 1.807) is 4.31 Å². The van der Waals surface area contributed by atoms with Crippen LogP contribution in [0.2, 0.25) is 0 Å². The number of carbonyl (C=O) groups is 1. The van der Waals surface area contributed by atoms with Crippen LogP contribution in [-0.2, 0) is 19.6 Å². The van der Waals surface area contributed by atoms with E-state index in [-0.39, 0.29) is 5.97 Å². The van der Waals surface area contributed by atoms with E-state index in [2.05, 4.69) is 0 Å². The summed E-state index contributed by atoms with van der Waals surface area (Å²) in [6.45, 7) is 1.33. The van der Waals surface area contributed by atoms with Gasteiger partial charge >= 0.3 is 5.97 Å². The van der Waals surface area contributed by atoms with Crippen LogP contribution >= 0.6 is 0 Å². The predicted molar refractivity (Wildman–Crippen MR) is 74.5 cm³/mol. The van der Waals surface area contributed by atoms with Gasteiger partial charge in [-0.2, -0.15) is 0 Å². The van der Waals surface area contributed by atoms with Gasteiger partial charge in [-0.25, -0.2) is 12.7 Å². The lowest BCUT2D eigenvalue weighted by Gasteiger charge is -2.25. The van der Waals surface area contributed by atoms with E-state index < -0.39 is 21.2 Å². The second-order valence-electron chi connectivity index (χ2n) is 6.41. The molecule has 0 radical (unpaired) electrons. The number of methoxy groups -OCH3 is 1. The van der Waals surface area contributed by atoms with Gasteiger partial charge < -0.3 is 4.74 Å². The number of hydrogen-bond donors (Lipinski definition) is 0. The minimum Gasteiger partial charge on any atom is -0.469 e. The Morgan fingerprint density at radius 1 is 1.05 bits per heavy atom. The highest BCUT2D eigenvalue weighted by molar-refractivity contribution is 7.89. The Labute approximate surface area is 120 Å². The van der Waals surface area contributed by atoms with Gasteiger partial charge in [-0.3, -0.25) is 4.79 Å². The van der Waals surface area contributed by atoms with Crippen LogP contribution in [0.1, 0.15) is 38.5 Å². The van der Waals surface area contributed by atoms with Crippen molar-refractivity contribution in [3.8, 4) is 0 Å². The molecular formula is C14H23NO4S. The molecule has 6 heteroatoms. The third-order valence-electron chi connectivity index (χ3n) is 5.39. The molecule has 1 saturated heterocycles. The molecule has 20 heavy (non-hydrogen) atoms. The topological polar surface area (TPSA) is 63.7 Å². The Kier molecular flexibility index (Phi) is 3.79. The molecule has 0 spiro atoms. The summed E-state index contributed by atoms with van der Waals surface area (Å²) in [5, 5.41) is -0.561. The van der Waals surface area contributed by atoms with E-state index >= 15 is 0 Å². The molecule has 1 heterocycles. The van der Waals surface area contributed by atoms with E-state index in [0.717, 1.165) is 19.3 Å². The molecule has 0 amide bonds. The number of rotatable bonds is 3. The molecular weight excluding hydrogens is 278 g/mol. The Morgan fingerprint density at radius 2 is 1.65 bits per heavy atom. The lowest BCUT2D eigenvalue weighted by atomic mass is 10.0. The van der Waals surface area contributed by atoms with Crippen molar-refractivity contribution in [2.45, 2.75) is 43.8 Å². The zero-order valence-electron chi connectivity index (χ0n) is 12.0. The highest BCUT2D eigenvalue weighted by Gasteiger charge is 2.48. The standard InChI is InChI=1S/C14H23NO4S/c1-19-14(16)12-6-3-7-13(12)20(17,18)15-8-10-4-2-5-11(10)9-15/h10-13H,2-9H2,1H3. The fraction of sp³-hybridized carbons (Fsp3) is 0.929. The lowest BCUT2D eigenvalue weighted by Crippen LogP contribution is -2.41. The first kappa shape index (κ1) is 14.3. The molecule has 3 rings (SSSR count). The van der Waals surface area contributed by atoms with Crippen LogP contribution in [0.15, 0.2) is 0 Å². The van der Waals surface area contributed by atoms with Crippen molar-refractivity contribution in [1.29, 1.82) is 0 Å². The summed E-state index contributed by atoms with van der Waals surface area (Å²) < 4.78 is 32.1. The lowest BCUT2D eigenvalue weighted by molar-refractivity contribution is -0.145. The zero-order valence-corrected chi connectivity index (χ0v) is 12.8. The normalized spacial score (nSPS) is 38.0. The third-order valence-corrected chi connectivity index (χ3v) is 7.74. The zero-order chi connectivity index (χ0) is 14.3. The van der Waals surface area contributed by atoms with E-state index in [1.165, 1.54) is 13.5 Å². The Balaban J connectivity index is 1.76. The average molecular weight is 301 g/mol. The number of carbonyl (C=O) groups excluding carboxylic acids is 1. The molecule has 0 aromatic carbocycles. The van der Waals surface area contributed by atoms with Gasteiger partial charge in [-0.15, -0.1) is 0 Å². The van der Waals surface area contributed by atoms with Crippen LogP contribution in [0.3, 0.4) is 0 Å². The second kappa shape index (κ2) is 5.30. The monoisotopic (exact) mass is 301 g/mol. The highest BCUT2D eigenvalue weighted by atomic mass is 32.2. The molecule has 3 aliphatic rings. The molecule has 4 unspecified atom stereocenters. The molecule has 114 valence electrons. The van der Waals surface area contributed by atoms with Gasteiger partial charge in [-0.1, -0.05) is 12.8 Å². The summed E-state index contributed by atoms with van der Waals surface area (Å²) in [6.07, 6.45) is 5.57. The molecule has 5 nitrogen and oxygen atoms in total. The van der Waals surface area contributed by atoms with Crippen molar-refractivity contribution in [3.63, 3.8) is 0 Å². The van der Waals surface area contributed by atoms with Gasteiger partial charge in [0.2, 0.25) is 10.0 Å².